The molecule has 1 N–H and O–H groups in total. The van der Waals surface area contributed by atoms with Crippen LogP contribution in [0.4, 0.5) is 0 Å². The number of hydrogen-bond donors (Lipinski definition) is 1. The van der Waals surface area contributed by atoms with Gasteiger partial charge in [0.2, 0.25) is 0 Å². The second-order valence-corrected chi connectivity index (χ2v) is 3.73. The first-order valence-electron chi connectivity index (χ1n) is 5.31. The molecule has 0 amide bonds. The van der Waals surface area contributed by atoms with Gasteiger partial charge in [-0.1, -0.05) is 31.2 Å². The molecule has 0 radical (unpaired) electrons. The van der Waals surface area contributed by atoms with Gasteiger partial charge in [-0.15, -0.1) is 0 Å². The third kappa shape index (κ3) is 1.89. The molecule has 3 nitrogen and oxygen atoms in total. The lowest BCUT2D eigenvalue weighted by atomic mass is 10.0. The van der Waals surface area contributed by atoms with Gasteiger partial charge in [-0.3, -0.25) is 9.78 Å². The lowest BCUT2D eigenvalue weighted by molar-refractivity contribution is -0.138. The minimum atomic E-state index is -0.815. The van der Waals surface area contributed by atoms with E-state index in [2.05, 4.69) is 4.98 Å². The summed E-state index contributed by atoms with van der Waals surface area (Å²) in [6, 6.07) is 11.4. The second kappa shape index (κ2) is 4.31. The number of para-hydroxylation sites is 1. The van der Waals surface area contributed by atoms with Crippen molar-refractivity contribution in [2.24, 2.45) is 0 Å². The molecule has 0 saturated carbocycles. The topological polar surface area (TPSA) is 50.2 Å². The van der Waals surface area contributed by atoms with Crippen LogP contribution in [0.15, 0.2) is 36.4 Å². The van der Waals surface area contributed by atoms with Crippen molar-refractivity contribution in [2.45, 2.75) is 19.3 Å². The van der Waals surface area contributed by atoms with E-state index in [0.29, 0.717) is 12.1 Å². The van der Waals surface area contributed by atoms with Crippen molar-refractivity contribution >= 4 is 16.9 Å². The highest BCUT2D eigenvalue weighted by molar-refractivity contribution is 5.81. The summed E-state index contributed by atoms with van der Waals surface area (Å²) in [4.78, 5) is 15.4. The monoisotopic (exact) mass is 215 g/mol. The summed E-state index contributed by atoms with van der Waals surface area (Å²) >= 11 is 0. The van der Waals surface area contributed by atoms with Gasteiger partial charge < -0.3 is 5.11 Å². The SMILES string of the molecule is CCC(C(=O)O)c1ccc2ccccc2n1. The van der Waals surface area contributed by atoms with Crippen LogP contribution in [0.1, 0.15) is 25.0 Å². The number of fused-ring (bicyclic) bond motifs is 1. The average Bonchev–Trinajstić information content (AvgIpc) is 2.29. The van der Waals surface area contributed by atoms with Gasteiger partial charge >= 0.3 is 5.97 Å². The number of nitrogens with zero attached hydrogens (tertiary/aromatic N) is 1. The maximum atomic E-state index is 11.0. The van der Waals surface area contributed by atoms with Crippen LogP contribution < -0.4 is 0 Å². The van der Waals surface area contributed by atoms with Gasteiger partial charge in [-0.2, -0.15) is 0 Å². The van der Waals surface area contributed by atoms with Crippen molar-refractivity contribution in [1.29, 1.82) is 0 Å². The summed E-state index contributed by atoms with van der Waals surface area (Å²) in [5, 5.41) is 10.1. The van der Waals surface area contributed by atoms with Crippen molar-refractivity contribution in [3.8, 4) is 0 Å². The van der Waals surface area contributed by atoms with E-state index in [0.717, 1.165) is 10.9 Å². The molecule has 2 aromatic rings. The molecule has 0 aliphatic carbocycles. The number of aromatic nitrogens is 1. The van der Waals surface area contributed by atoms with Crippen LogP contribution in [-0.2, 0) is 4.79 Å². The molecule has 1 unspecified atom stereocenters. The highest BCUT2D eigenvalue weighted by Crippen LogP contribution is 2.20. The van der Waals surface area contributed by atoms with E-state index < -0.39 is 11.9 Å². The molecule has 16 heavy (non-hydrogen) atoms. The van der Waals surface area contributed by atoms with Gasteiger partial charge in [0, 0.05) is 5.39 Å². The number of carboxylic acids is 1. The Balaban J connectivity index is 2.49. The number of carbonyl (C=O) groups is 1. The van der Waals surface area contributed by atoms with Crippen molar-refractivity contribution in [3.05, 3.63) is 42.1 Å². The number of carboxylic acid groups (broad SMARTS) is 1. The van der Waals surface area contributed by atoms with Crippen LogP contribution in [0.2, 0.25) is 0 Å². The predicted molar refractivity (Wildman–Crippen MR) is 62.4 cm³/mol. The summed E-state index contributed by atoms with van der Waals surface area (Å²) in [5.74, 6) is -1.32. The predicted octanol–water partition coefficient (Wildman–Crippen LogP) is 2.81. The zero-order valence-electron chi connectivity index (χ0n) is 9.05. The molecular weight excluding hydrogens is 202 g/mol. The van der Waals surface area contributed by atoms with Crippen molar-refractivity contribution < 1.29 is 9.90 Å². The minimum Gasteiger partial charge on any atom is -0.481 e. The van der Waals surface area contributed by atoms with Crippen molar-refractivity contribution in [2.75, 3.05) is 0 Å². The van der Waals surface area contributed by atoms with Crippen LogP contribution in [0.5, 0.6) is 0 Å². The quantitative estimate of drug-likeness (QED) is 0.856. The number of pyridine rings is 1. The van der Waals surface area contributed by atoms with Crippen molar-refractivity contribution in [1.82, 2.24) is 4.98 Å². The molecule has 3 heteroatoms. The lowest BCUT2D eigenvalue weighted by Crippen LogP contribution is -2.11. The van der Waals surface area contributed by atoms with Crippen LogP contribution in [-0.4, -0.2) is 16.1 Å². The molecule has 2 rings (SSSR count). The van der Waals surface area contributed by atoms with E-state index in [1.165, 1.54) is 0 Å². The van der Waals surface area contributed by atoms with E-state index in [-0.39, 0.29) is 0 Å². The molecule has 1 aromatic carbocycles. The fraction of sp³-hybridized carbons (Fsp3) is 0.231. The van der Waals surface area contributed by atoms with Gasteiger partial charge in [0.15, 0.2) is 0 Å². The Morgan fingerprint density at radius 3 is 2.75 bits per heavy atom. The maximum Gasteiger partial charge on any atom is 0.312 e. The first kappa shape index (κ1) is 10.6. The normalized spacial score (nSPS) is 12.6. The van der Waals surface area contributed by atoms with Crippen LogP contribution >= 0.6 is 0 Å². The van der Waals surface area contributed by atoms with E-state index >= 15 is 0 Å². The number of aliphatic carboxylic acids is 1. The number of rotatable bonds is 3. The van der Waals surface area contributed by atoms with Gasteiger partial charge in [-0.25, -0.2) is 0 Å². The van der Waals surface area contributed by atoms with Crippen LogP contribution in [0.3, 0.4) is 0 Å². The molecule has 0 bridgehead atoms. The summed E-state index contributed by atoms with van der Waals surface area (Å²) in [7, 11) is 0. The Hall–Kier alpha value is -1.90. The molecule has 1 atom stereocenters. The summed E-state index contributed by atoms with van der Waals surface area (Å²) < 4.78 is 0. The van der Waals surface area contributed by atoms with Crippen LogP contribution in [0.25, 0.3) is 10.9 Å². The molecule has 0 fully saturated rings. The second-order valence-electron chi connectivity index (χ2n) is 3.73. The highest BCUT2D eigenvalue weighted by atomic mass is 16.4. The molecule has 1 aromatic heterocycles. The molecule has 0 spiro atoms. The smallest absolute Gasteiger partial charge is 0.312 e. The Bertz CT molecular complexity index is 522. The highest BCUT2D eigenvalue weighted by Gasteiger charge is 2.18. The molecule has 82 valence electrons. The number of benzene rings is 1. The maximum absolute atomic E-state index is 11.0. The van der Waals surface area contributed by atoms with E-state index in [1.807, 2.05) is 37.3 Å². The first-order valence-corrected chi connectivity index (χ1v) is 5.31. The third-order valence-corrected chi connectivity index (χ3v) is 2.68. The Labute approximate surface area is 93.7 Å². The molecule has 0 aliphatic rings. The van der Waals surface area contributed by atoms with Gasteiger partial charge in [0.25, 0.3) is 0 Å². The Morgan fingerprint density at radius 1 is 1.31 bits per heavy atom. The fourth-order valence-electron chi connectivity index (χ4n) is 1.79. The van der Waals surface area contributed by atoms with E-state index in [9.17, 15) is 4.79 Å². The summed E-state index contributed by atoms with van der Waals surface area (Å²) in [6.07, 6.45) is 0.556. The Morgan fingerprint density at radius 2 is 2.06 bits per heavy atom. The van der Waals surface area contributed by atoms with Gasteiger partial charge in [0.1, 0.15) is 0 Å². The Kier molecular flexibility index (Phi) is 2.86. The van der Waals surface area contributed by atoms with E-state index in [1.54, 1.807) is 6.07 Å². The third-order valence-electron chi connectivity index (χ3n) is 2.68. The molecule has 1 heterocycles. The largest absolute Gasteiger partial charge is 0.481 e. The first-order chi connectivity index (χ1) is 7.72. The molecule has 0 aliphatic heterocycles. The fourth-order valence-corrected chi connectivity index (χ4v) is 1.79. The van der Waals surface area contributed by atoms with Gasteiger partial charge in [0.05, 0.1) is 17.1 Å². The molecular formula is C13H13NO2. The summed E-state index contributed by atoms with van der Waals surface area (Å²) in [6.45, 7) is 1.86. The standard InChI is InChI=1S/C13H13NO2/c1-2-10(13(15)16)12-8-7-9-5-3-4-6-11(9)14-12/h3-8,10H,2H2,1H3,(H,15,16). The lowest BCUT2D eigenvalue weighted by Gasteiger charge is -2.09. The number of hydrogen-bond acceptors (Lipinski definition) is 2. The van der Waals surface area contributed by atoms with Gasteiger partial charge in [-0.05, 0) is 18.6 Å². The summed E-state index contributed by atoms with van der Waals surface area (Å²) in [5.41, 5.74) is 1.48. The average molecular weight is 215 g/mol. The van der Waals surface area contributed by atoms with Crippen molar-refractivity contribution in [3.63, 3.8) is 0 Å². The zero-order valence-corrected chi connectivity index (χ0v) is 9.05. The van der Waals surface area contributed by atoms with E-state index in [4.69, 9.17) is 5.11 Å². The minimum absolute atomic E-state index is 0.510. The zero-order chi connectivity index (χ0) is 11.5. The molecule has 0 saturated heterocycles. The van der Waals surface area contributed by atoms with Crippen LogP contribution in [0, 0.1) is 0 Å².